The van der Waals surface area contributed by atoms with E-state index in [0.717, 1.165) is 0 Å². The molecule has 1 atom stereocenters. The number of benzene rings is 2. The van der Waals surface area contributed by atoms with Crippen LogP contribution in [0.3, 0.4) is 0 Å². The molecule has 2 aromatic carbocycles. The van der Waals surface area contributed by atoms with E-state index in [1.165, 1.54) is 47.4 Å². The van der Waals surface area contributed by atoms with Crippen molar-refractivity contribution in [3.05, 3.63) is 71.3 Å². The van der Waals surface area contributed by atoms with E-state index >= 15 is 0 Å². The molecule has 0 bridgehead atoms. The molecule has 0 aromatic heterocycles. The van der Waals surface area contributed by atoms with Crippen LogP contribution < -0.4 is 0 Å². The minimum absolute atomic E-state index is 0.00212. The van der Waals surface area contributed by atoms with Crippen molar-refractivity contribution in [1.82, 2.24) is 4.90 Å². The Labute approximate surface area is 145 Å². The van der Waals surface area contributed by atoms with Crippen LogP contribution in [0, 0.1) is 11.6 Å². The number of halogens is 2. The Hall–Kier alpha value is -2.28. The number of hydrogen-bond donors (Lipinski definition) is 0. The minimum atomic E-state index is -3.21. The highest BCUT2D eigenvalue weighted by Crippen LogP contribution is 2.23. The molecule has 1 aliphatic rings. The van der Waals surface area contributed by atoms with Crippen LogP contribution in [-0.4, -0.2) is 36.8 Å². The fourth-order valence-corrected chi connectivity index (χ4v) is 4.69. The van der Waals surface area contributed by atoms with Gasteiger partial charge in [0.2, 0.25) is 0 Å². The van der Waals surface area contributed by atoms with Crippen LogP contribution in [0.1, 0.15) is 22.3 Å². The molecule has 4 nitrogen and oxygen atoms in total. The molecule has 132 valence electrons. The molecule has 0 radical (unpaired) electrons. The summed E-state index contributed by atoms with van der Waals surface area (Å²) in [6.07, 6.45) is 0.309. The molecule has 1 amide bonds. The fraction of sp³-hybridized carbons (Fsp3) is 0.278. The standard InChI is InChI=1S/C18H17F2NO3S/c19-14-7-5-13(6-8-14)11-21(15-9-10-25(23,24)12-15)18(22)16-3-1-2-4-17(16)20/h1-8,15H,9-12H2/t15-/m0/s1. The van der Waals surface area contributed by atoms with Crippen molar-refractivity contribution in [3.8, 4) is 0 Å². The summed E-state index contributed by atoms with van der Waals surface area (Å²) in [6, 6.07) is 10.7. The second-order valence-corrected chi connectivity index (χ2v) is 8.32. The largest absolute Gasteiger partial charge is 0.330 e. The predicted molar refractivity (Wildman–Crippen MR) is 89.7 cm³/mol. The molecule has 7 heteroatoms. The van der Waals surface area contributed by atoms with Gasteiger partial charge in [0.05, 0.1) is 17.1 Å². The zero-order valence-electron chi connectivity index (χ0n) is 13.4. The Morgan fingerprint density at radius 3 is 2.36 bits per heavy atom. The third kappa shape index (κ3) is 4.04. The normalized spacial score (nSPS) is 18.9. The van der Waals surface area contributed by atoms with Gasteiger partial charge in [-0.05, 0) is 36.2 Å². The second kappa shape index (κ2) is 6.92. The van der Waals surface area contributed by atoms with Crippen molar-refractivity contribution in [1.29, 1.82) is 0 Å². The number of nitrogens with zero attached hydrogens (tertiary/aromatic N) is 1. The molecule has 0 unspecified atom stereocenters. The summed E-state index contributed by atoms with van der Waals surface area (Å²) in [6.45, 7) is 0.0909. The highest BCUT2D eigenvalue weighted by molar-refractivity contribution is 7.91. The summed E-state index contributed by atoms with van der Waals surface area (Å²) in [5, 5.41) is 0. The van der Waals surface area contributed by atoms with Crippen LogP contribution in [-0.2, 0) is 16.4 Å². The van der Waals surface area contributed by atoms with Gasteiger partial charge in [-0.3, -0.25) is 4.79 Å². The van der Waals surface area contributed by atoms with Gasteiger partial charge in [-0.25, -0.2) is 17.2 Å². The van der Waals surface area contributed by atoms with Gasteiger partial charge in [-0.2, -0.15) is 0 Å². The molecule has 0 spiro atoms. The average Bonchev–Trinajstić information content (AvgIpc) is 2.94. The van der Waals surface area contributed by atoms with Gasteiger partial charge < -0.3 is 4.90 Å². The average molecular weight is 365 g/mol. The van der Waals surface area contributed by atoms with Crippen molar-refractivity contribution in [2.45, 2.75) is 19.0 Å². The number of sulfone groups is 1. The Kier molecular flexibility index (Phi) is 4.85. The monoisotopic (exact) mass is 365 g/mol. The molecule has 0 aliphatic carbocycles. The maximum absolute atomic E-state index is 14.0. The first-order valence-electron chi connectivity index (χ1n) is 7.86. The van der Waals surface area contributed by atoms with Crippen molar-refractivity contribution >= 4 is 15.7 Å². The highest BCUT2D eigenvalue weighted by Gasteiger charge is 2.35. The number of amides is 1. The van der Waals surface area contributed by atoms with Gasteiger partial charge in [0.15, 0.2) is 9.84 Å². The van der Waals surface area contributed by atoms with Crippen molar-refractivity contribution < 1.29 is 22.0 Å². The zero-order chi connectivity index (χ0) is 18.0. The molecule has 2 aromatic rings. The van der Waals surface area contributed by atoms with E-state index in [1.54, 1.807) is 6.07 Å². The van der Waals surface area contributed by atoms with Gasteiger partial charge in [0.1, 0.15) is 11.6 Å². The number of carbonyl (C=O) groups excluding carboxylic acids is 1. The van der Waals surface area contributed by atoms with Gasteiger partial charge in [-0.1, -0.05) is 24.3 Å². The lowest BCUT2D eigenvalue weighted by atomic mass is 10.1. The highest BCUT2D eigenvalue weighted by atomic mass is 32.2. The van der Waals surface area contributed by atoms with Crippen molar-refractivity contribution in [2.24, 2.45) is 0 Å². The van der Waals surface area contributed by atoms with Gasteiger partial charge in [-0.15, -0.1) is 0 Å². The topological polar surface area (TPSA) is 54.5 Å². The molecule has 1 fully saturated rings. The summed E-state index contributed by atoms with van der Waals surface area (Å²) in [7, 11) is -3.21. The summed E-state index contributed by atoms with van der Waals surface area (Å²) >= 11 is 0. The van der Waals surface area contributed by atoms with Gasteiger partial charge in [0, 0.05) is 12.6 Å². The Bertz CT molecular complexity index is 881. The molecule has 1 saturated heterocycles. The number of hydrogen-bond acceptors (Lipinski definition) is 3. The van der Waals surface area contributed by atoms with Crippen LogP contribution in [0.5, 0.6) is 0 Å². The summed E-state index contributed by atoms with van der Waals surface area (Å²) < 4.78 is 50.7. The Morgan fingerprint density at radius 2 is 1.76 bits per heavy atom. The molecule has 0 saturated carbocycles. The van der Waals surface area contributed by atoms with E-state index in [2.05, 4.69) is 0 Å². The van der Waals surface area contributed by atoms with Crippen LogP contribution >= 0.6 is 0 Å². The third-order valence-corrected chi connectivity index (χ3v) is 6.03. The van der Waals surface area contributed by atoms with E-state index < -0.39 is 33.4 Å². The quantitative estimate of drug-likeness (QED) is 0.837. The SMILES string of the molecule is O=C(c1ccccc1F)N(Cc1ccc(F)cc1)[C@H]1CCS(=O)(=O)C1. The Morgan fingerprint density at radius 1 is 1.08 bits per heavy atom. The van der Waals surface area contributed by atoms with E-state index in [9.17, 15) is 22.0 Å². The van der Waals surface area contributed by atoms with Crippen molar-refractivity contribution in [2.75, 3.05) is 11.5 Å². The maximum Gasteiger partial charge on any atom is 0.257 e. The first-order chi connectivity index (χ1) is 11.9. The third-order valence-electron chi connectivity index (χ3n) is 4.28. The Balaban J connectivity index is 1.92. The maximum atomic E-state index is 14.0. The molecule has 0 N–H and O–H groups in total. The number of rotatable bonds is 4. The van der Waals surface area contributed by atoms with Crippen LogP contribution in [0.2, 0.25) is 0 Å². The summed E-state index contributed by atoms with van der Waals surface area (Å²) in [5.74, 6) is -1.77. The lowest BCUT2D eigenvalue weighted by molar-refractivity contribution is 0.0676. The van der Waals surface area contributed by atoms with E-state index in [1.807, 2.05) is 0 Å². The van der Waals surface area contributed by atoms with E-state index in [4.69, 9.17) is 0 Å². The summed E-state index contributed by atoms with van der Waals surface area (Å²) in [5.41, 5.74) is 0.546. The lowest BCUT2D eigenvalue weighted by Crippen LogP contribution is -2.41. The smallest absolute Gasteiger partial charge is 0.257 e. The molecule has 3 rings (SSSR count). The first kappa shape index (κ1) is 17.5. The summed E-state index contributed by atoms with van der Waals surface area (Å²) in [4.78, 5) is 14.2. The molecule has 1 aliphatic heterocycles. The van der Waals surface area contributed by atoms with Crippen LogP contribution in [0.4, 0.5) is 8.78 Å². The molecule has 25 heavy (non-hydrogen) atoms. The zero-order valence-corrected chi connectivity index (χ0v) is 14.2. The van der Waals surface area contributed by atoms with Gasteiger partial charge >= 0.3 is 0 Å². The van der Waals surface area contributed by atoms with Crippen LogP contribution in [0.15, 0.2) is 48.5 Å². The van der Waals surface area contributed by atoms with Crippen molar-refractivity contribution in [3.63, 3.8) is 0 Å². The first-order valence-corrected chi connectivity index (χ1v) is 9.68. The van der Waals surface area contributed by atoms with Gasteiger partial charge in [0.25, 0.3) is 5.91 Å². The fourth-order valence-electron chi connectivity index (χ4n) is 2.96. The minimum Gasteiger partial charge on any atom is -0.330 e. The predicted octanol–water partition coefficient (Wildman–Crippen LogP) is 2.79. The molecule has 1 heterocycles. The molecular weight excluding hydrogens is 348 g/mol. The van der Waals surface area contributed by atoms with E-state index in [0.29, 0.717) is 12.0 Å². The molecular formula is C18H17F2NO3S. The second-order valence-electron chi connectivity index (χ2n) is 6.10. The number of carbonyl (C=O) groups is 1. The van der Waals surface area contributed by atoms with Crippen LogP contribution in [0.25, 0.3) is 0 Å². The lowest BCUT2D eigenvalue weighted by Gasteiger charge is -2.28. The van der Waals surface area contributed by atoms with E-state index in [-0.39, 0.29) is 23.6 Å².